The second-order valence-corrected chi connectivity index (χ2v) is 2.55. The average molecular weight is 156 g/mol. The Labute approximate surface area is 67.9 Å². The SMILES string of the molecule is CCC=C(CCCC)C(=O)O. The first kappa shape index (κ1) is 10.2. The molecule has 0 saturated carbocycles. The van der Waals surface area contributed by atoms with Crippen LogP contribution in [-0.2, 0) is 4.79 Å². The molecule has 0 aromatic heterocycles. The quantitative estimate of drug-likeness (QED) is 0.621. The van der Waals surface area contributed by atoms with Crippen LogP contribution in [0.2, 0.25) is 0 Å². The van der Waals surface area contributed by atoms with Gasteiger partial charge in [0.2, 0.25) is 0 Å². The molecule has 64 valence electrons. The summed E-state index contributed by atoms with van der Waals surface area (Å²) in [6.45, 7) is 4.01. The van der Waals surface area contributed by atoms with E-state index in [1.54, 1.807) is 6.08 Å². The van der Waals surface area contributed by atoms with Crippen LogP contribution in [0.25, 0.3) is 0 Å². The summed E-state index contributed by atoms with van der Waals surface area (Å²) in [5.74, 6) is -0.764. The Morgan fingerprint density at radius 2 is 2.09 bits per heavy atom. The second kappa shape index (κ2) is 5.96. The number of allylic oxidation sites excluding steroid dienone is 1. The summed E-state index contributed by atoms with van der Waals surface area (Å²) in [6, 6.07) is 0. The van der Waals surface area contributed by atoms with Crippen molar-refractivity contribution in [2.45, 2.75) is 39.5 Å². The summed E-state index contributed by atoms with van der Waals surface area (Å²) >= 11 is 0. The van der Waals surface area contributed by atoms with E-state index >= 15 is 0 Å². The third kappa shape index (κ3) is 4.59. The van der Waals surface area contributed by atoms with E-state index < -0.39 is 5.97 Å². The van der Waals surface area contributed by atoms with Gasteiger partial charge in [0.05, 0.1) is 0 Å². The average Bonchev–Trinajstić information content (AvgIpc) is 1.97. The Hall–Kier alpha value is -0.790. The number of rotatable bonds is 5. The molecular formula is C9H16O2. The highest BCUT2D eigenvalue weighted by atomic mass is 16.4. The minimum atomic E-state index is -0.764. The number of carboxylic acids is 1. The van der Waals surface area contributed by atoms with Crippen molar-refractivity contribution < 1.29 is 9.90 Å². The molecule has 0 radical (unpaired) electrons. The number of carboxylic acid groups (broad SMARTS) is 1. The molecule has 0 aliphatic rings. The molecule has 0 bridgehead atoms. The predicted octanol–water partition coefficient (Wildman–Crippen LogP) is 2.60. The Morgan fingerprint density at radius 1 is 1.45 bits per heavy atom. The van der Waals surface area contributed by atoms with Crippen molar-refractivity contribution in [3.05, 3.63) is 11.6 Å². The minimum absolute atomic E-state index is 0.564. The summed E-state index contributed by atoms with van der Waals surface area (Å²) in [6.07, 6.45) is 5.33. The van der Waals surface area contributed by atoms with E-state index in [4.69, 9.17) is 5.11 Å². The van der Waals surface area contributed by atoms with Gasteiger partial charge in [-0.15, -0.1) is 0 Å². The lowest BCUT2D eigenvalue weighted by atomic mass is 10.1. The van der Waals surface area contributed by atoms with Crippen LogP contribution >= 0.6 is 0 Å². The van der Waals surface area contributed by atoms with Crippen LogP contribution in [0.4, 0.5) is 0 Å². The molecule has 0 atom stereocenters. The van der Waals surface area contributed by atoms with Gasteiger partial charge in [0.1, 0.15) is 0 Å². The molecule has 2 heteroatoms. The van der Waals surface area contributed by atoms with Crippen molar-refractivity contribution >= 4 is 5.97 Å². The fraction of sp³-hybridized carbons (Fsp3) is 0.667. The smallest absolute Gasteiger partial charge is 0.331 e. The fourth-order valence-corrected chi connectivity index (χ4v) is 0.910. The van der Waals surface area contributed by atoms with Gasteiger partial charge >= 0.3 is 5.97 Å². The lowest BCUT2D eigenvalue weighted by Gasteiger charge is -1.98. The summed E-state index contributed by atoms with van der Waals surface area (Å²) in [5.41, 5.74) is 0.564. The zero-order valence-electron chi connectivity index (χ0n) is 7.26. The number of unbranched alkanes of at least 4 members (excludes halogenated alkanes) is 1. The van der Waals surface area contributed by atoms with Crippen molar-refractivity contribution in [1.82, 2.24) is 0 Å². The lowest BCUT2D eigenvalue weighted by Crippen LogP contribution is -2.00. The largest absolute Gasteiger partial charge is 0.478 e. The summed E-state index contributed by atoms with van der Waals surface area (Å²) in [4.78, 5) is 10.5. The van der Waals surface area contributed by atoms with E-state index in [1.165, 1.54) is 0 Å². The first-order chi connectivity index (χ1) is 5.22. The molecule has 0 heterocycles. The van der Waals surface area contributed by atoms with Crippen molar-refractivity contribution in [1.29, 1.82) is 0 Å². The van der Waals surface area contributed by atoms with E-state index in [-0.39, 0.29) is 0 Å². The molecule has 2 nitrogen and oxygen atoms in total. The normalized spacial score (nSPS) is 11.6. The van der Waals surface area contributed by atoms with Crippen molar-refractivity contribution in [3.8, 4) is 0 Å². The zero-order valence-corrected chi connectivity index (χ0v) is 7.26. The van der Waals surface area contributed by atoms with E-state index in [1.807, 2.05) is 6.92 Å². The van der Waals surface area contributed by atoms with Crippen LogP contribution in [-0.4, -0.2) is 11.1 Å². The predicted molar refractivity (Wildman–Crippen MR) is 45.5 cm³/mol. The Balaban J connectivity index is 3.90. The van der Waals surface area contributed by atoms with E-state index in [0.29, 0.717) is 12.0 Å². The molecule has 0 aliphatic carbocycles. The molecule has 0 aliphatic heterocycles. The molecule has 0 aromatic rings. The first-order valence-electron chi connectivity index (χ1n) is 4.14. The number of carbonyl (C=O) groups is 1. The zero-order chi connectivity index (χ0) is 8.69. The molecule has 1 N–H and O–H groups in total. The maximum atomic E-state index is 10.5. The standard InChI is InChI=1S/C9H16O2/c1-3-5-7-8(6-4-2)9(10)11/h6H,3-5,7H2,1-2H3,(H,10,11). The molecule has 0 amide bonds. The molecule has 0 rings (SSSR count). The van der Waals surface area contributed by atoms with Gasteiger partial charge in [0.15, 0.2) is 0 Å². The van der Waals surface area contributed by atoms with Crippen LogP contribution < -0.4 is 0 Å². The maximum absolute atomic E-state index is 10.5. The molecule has 11 heavy (non-hydrogen) atoms. The highest BCUT2D eigenvalue weighted by Gasteiger charge is 2.03. The van der Waals surface area contributed by atoms with Gasteiger partial charge in [-0.05, 0) is 19.3 Å². The van der Waals surface area contributed by atoms with Gasteiger partial charge in [0.25, 0.3) is 0 Å². The van der Waals surface area contributed by atoms with Crippen molar-refractivity contribution in [3.63, 3.8) is 0 Å². The van der Waals surface area contributed by atoms with Crippen LogP contribution in [0.5, 0.6) is 0 Å². The van der Waals surface area contributed by atoms with Gasteiger partial charge in [-0.1, -0.05) is 26.3 Å². The van der Waals surface area contributed by atoms with Gasteiger partial charge in [0, 0.05) is 5.57 Å². The van der Waals surface area contributed by atoms with Crippen molar-refractivity contribution in [2.24, 2.45) is 0 Å². The summed E-state index contributed by atoms with van der Waals surface area (Å²) in [5, 5.41) is 8.66. The van der Waals surface area contributed by atoms with Gasteiger partial charge < -0.3 is 5.11 Å². The topological polar surface area (TPSA) is 37.3 Å². The Morgan fingerprint density at radius 3 is 2.45 bits per heavy atom. The number of hydrogen-bond acceptors (Lipinski definition) is 1. The van der Waals surface area contributed by atoms with Gasteiger partial charge in [-0.3, -0.25) is 0 Å². The van der Waals surface area contributed by atoms with Crippen LogP contribution in [0, 0.1) is 0 Å². The summed E-state index contributed by atoms with van der Waals surface area (Å²) in [7, 11) is 0. The fourth-order valence-electron chi connectivity index (χ4n) is 0.910. The molecule has 0 fully saturated rings. The number of hydrogen-bond donors (Lipinski definition) is 1. The Kier molecular flexibility index (Phi) is 5.53. The molecular weight excluding hydrogens is 140 g/mol. The van der Waals surface area contributed by atoms with Crippen LogP contribution in [0.1, 0.15) is 39.5 Å². The van der Waals surface area contributed by atoms with E-state index in [0.717, 1.165) is 19.3 Å². The monoisotopic (exact) mass is 156 g/mol. The highest BCUT2D eigenvalue weighted by Crippen LogP contribution is 2.07. The maximum Gasteiger partial charge on any atom is 0.331 e. The second-order valence-electron chi connectivity index (χ2n) is 2.55. The minimum Gasteiger partial charge on any atom is -0.478 e. The third-order valence-electron chi connectivity index (χ3n) is 1.52. The summed E-state index contributed by atoms with van der Waals surface area (Å²) < 4.78 is 0. The molecule has 0 unspecified atom stereocenters. The van der Waals surface area contributed by atoms with E-state index in [9.17, 15) is 4.79 Å². The van der Waals surface area contributed by atoms with Gasteiger partial charge in [-0.2, -0.15) is 0 Å². The molecule has 0 spiro atoms. The lowest BCUT2D eigenvalue weighted by molar-refractivity contribution is -0.132. The third-order valence-corrected chi connectivity index (χ3v) is 1.52. The highest BCUT2D eigenvalue weighted by molar-refractivity contribution is 5.86. The molecule has 0 saturated heterocycles. The van der Waals surface area contributed by atoms with Crippen LogP contribution in [0.15, 0.2) is 11.6 Å². The molecule has 0 aromatic carbocycles. The van der Waals surface area contributed by atoms with Crippen LogP contribution in [0.3, 0.4) is 0 Å². The van der Waals surface area contributed by atoms with E-state index in [2.05, 4.69) is 6.92 Å². The number of aliphatic carboxylic acids is 1. The Bertz CT molecular complexity index is 148. The van der Waals surface area contributed by atoms with Crippen molar-refractivity contribution in [2.75, 3.05) is 0 Å². The first-order valence-corrected chi connectivity index (χ1v) is 4.14. The van der Waals surface area contributed by atoms with Gasteiger partial charge in [-0.25, -0.2) is 4.79 Å².